The van der Waals surface area contributed by atoms with Crippen molar-refractivity contribution in [3.8, 4) is 16.9 Å². The van der Waals surface area contributed by atoms with E-state index in [2.05, 4.69) is 26.4 Å². The van der Waals surface area contributed by atoms with Crippen molar-refractivity contribution in [3.05, 3.63) is 59.5 Å². The molecule has 2 heterocycles. The summed E-state index contributed by atoms with van der Waals surface area (Å²) in [6.45, 7) is 0. The van der Waals surface area contributed by atoms with E-state index in [1.807, 2.05) is 25.4 Å². The molecule has 0 atom stereocenters. The Labute approximate surface area is 166 Å². The number of hydrogen-bond donors (Lipinski definition) is 2. The summed E-state index contributed by atoms with van der Waals surface area (Å²) in [5.41, 5.74) is 4.43. The van der Waals surface area contributed by atoms with Gasteiger partial charge in [0, 0.05) is 42.1 Å². The van der Waals surface area contributed by atoms with Crippen LogP contribution in [0, 0.1) is 0 Å². The van der Waals surface area contributed by atoms with E-state index < -0.39 is 0 Å². The van der Waals surface area contributed by atoms with Gasteiger partial charge in [-0.25, -0.2) is 9.97 Å². The predicted molar refractivity (Wildman–Crippen MR) is 110 cm³/mol. The largest absolute Gasteiger partial charge is 0.508 e. The molecular formula is C21H18ClN5O. The molecule has 0 saturated heterocycles. The normalized spacial score (nSPS) is 13.8. The lowest BCUT2D eigenvalue weighted by molar-refractivity contribution is 0.476. The molecule has 4 aromatic rings. The van der Waals surface area contributed by atoms with Crippen LogP contribution < -0.4 is 5.32 Å². The molecule has 1 saturated carbocycles. The lowest BCUT2D eigenvalue weighted by atomic mass is 10.1. The highest BCUT2D eigenvalue weighted by atomic mass is 35.5. The first kappa shape index (κ1) is 17.0. The molecule has 0 bridgehead atoms. The van der Waals surface area contributed by atoms with Crippen molar-refractivity contribution in [2.75, 3.05) is 5.32 Å². The summed E-state index contributed by atoms with van der Waals surface area (Å²) in [7, 11) is 1.85. The minimum absolute atomic E-state index is 0.150. The van der Waals surface area contributed by atoms with E-state index in [0.29, 0.717) is 22.6 Å². The SMILES string of the molecule is Cn1cc(-c2cc(O)cc(Nc3ncc4cc(C5CC5)cc(Cl)c4n3)c2)cn1. The first-order valence-corrected chi connectivity index (χ1v) is 9.49. The van der Waals surface area contributed by atoms with Gasteiger partial charge < -0.3 is 10.4 Å². The molecule has 0 aliphatic heterocycles. The fourth-order valence-electron chi connectivity index (χ4n) is 3.39. The number of halogens is 1. The Morgan fingerprint density at radius 1 is 1.11 bits per heavy atom. The number of nitrogens with one attached hydrogen (secondary N) is 1. The number of hydrogen-bond acceptors (Lipinski definition) is 5. The van der Waals surface area contributed by atoms with Crippen LogP contribution in [-0.4, -0.2) is 24.9 Å². The number of aromatic hydroxyl groups is 1. The number of phenolic OH excluding ortho intramolecular Hbond substituents is 1. The summed E-state index contributed by atoms with van der Waals surface area (Å²) < 4.78 is 1.72. The summed E-state index contributed by atoms with van der Waals surface area (Å²) in [6, 6.07) is 9.37. The zero-order valence-corrected chi connectivity index (χ0v) is 16.0. The molecule has 1 fully saturated rings. The molecule has 1 aliphatic rings. The third-order valence-corrected chi connectivity index (χ3v) is 5.21. The van der Waals surface area contributed by atoms with Gasteiger partial charge in [0.15, 0.2) is 0 Å². The summed E-state index contributed by atoms with van der Waals surface area (Å²) >= 11 is 6.47. The van der Waals surface area contributed by atoms with Crippen molar-refractivity contribution < 1.29 is 5.11 Å². The van der Waals surface area contributed by atoms with Gasteiger partial charge in [-0.3, -0.25) is 4.68 Å². The molecule has 0 radical (unpaired) electrons. The second-order valence-electron chi connectivity index (χ2n) is 7.20. The van der Waals surface area contributed by atoms with Gasteiger partial charge in [0.25, 0.3) is 0 Å². The summed E-state index contributed by atoms with van der Waals surface area (Å²) in [4.78, 5) is 9.00. The van der Waals surface area contributed by atoms with E-state index >= 15 is 0 Å². The van der Waals surface area contributed by atoms with E-state index in [1.165, 1.54) is 18.4 Å². The van der Waals surface area contributed by atoms with Crippen LogP contribution in [0.2, 0.25) is 5.02 Å². The van der Waals surface area contributed by atoms with Crippen molar-refractivity contribution in [2.24, 2.45) is 7.05 Å². The van der Waals surface area contributed by atoms with Gasteiger partial charge >= 0.3 is 0 Å². The monoisotopic (exact) mass is 391 g/mol. The molecule has 1 aliphatic carbocycles. The minimum Gasteiger partial charge on any atom is -0.508 e. The first-order chi connectivity index (χ1) is 13.5. The summed E-state index contributed by atoms with van der Waals surface area (Å²) in [5, 5.41) is 19.0. The van der Waals surface area contributed by atoms with Crippen LogP contribution in [0.15, 0.2) is 48.9 Å². The molecule has 7 heteroatoms. The lowest BCUT2D eigenvalue weighted by Crippen LogP contribution is -1.98. The molecule has 2 N–H and O–H groups in total. The molecule has 0 unspecified atom stereocenters. The Morgan fingerprint density at radius 3 is 2.71 bits per heavy atom. The quantitative estimate of drug-likeness (QED) is 0.511. The van der Waals surface area contributed by atoms with Crippen molar-refractivity contribution in [3.63, 3.8) is 0 Å². The fraction of sp³-hybridized carbons (Fsp3) is 0.190. The van der Waals surface area contributed by atoms with E-state index in [-0.39, 0.29) is 5.75 Å². The molecule has 5 rings (SSSR count). The Balaban J connectivity index is 1.48. The second kappa shape index (κ2) is 6.49. The predicted octanol–water partition coefficient (Wildman–Crippen LogP) is 5.01. The maximum Gasteiger partial charge on any atom is 0.227 e. The van der Waals surface area contributed by atoms with Gasteiger partial charge in [0.05, 0.1) is 16.7 Å². The fourth-order valence-corrected chi connectivity index (χ4v) is 3.66. The zero-order chi connectivity index (χ0) is 19.3. The van der Waals surface area contributed by atoms with Crippen LogP contribution >= 0.6 is 11.6 Å². The molecule has 0 spiro atoms. The average molecular weight is 392 g/mol. The number of aromatic nitrogens is 4. The topological polar surface area (TPSA) is 75.9 Å². The number of benzene rings is 2. The maximum absolute atomic E-state index is 10.1. The number of anilines is 2. The van der Waals surface area contributed by atoms with Gasteiger partial charge in [0.1, 0.15) is 5.75 Å². The van der Waals surface area contributed by atoms with E-state index in [0.717, 1.165) is 22.0 Å². The van der Waals surface area contributed by atoms with Gasteiger partial charge in [0.2, 0.25) is 5.95 Å². The minimum atomic E-state index is 0.150. The Kier molecular flexibility index (Phi) is 3.94. The molecular weight excluding hydrogens is 374 g/mol. The van der Waals surface area contributed by atoms with Crippen molar-refractivity contribution in [1.29, 1.82) is 0 Å². The number of rotatable bonds is 4. The Bertz CT molecular complexity index is 1200. The van der Waals surface area contributed by atoms with Gasteiger partial charge in [-0.05, 0) is 54.2 Å². The van der Waals surface area contributed by atoms with E-state index in [9.17, 15) is 5.11 Å². The second-order valence-corrected chi connectivity index (χ2v) is 7.61. The van der Waals surface area contributed by atoms with Crippen LogP contribution in [0.25, 0.3) is 22.0 Å². The van der Waals surface area contributed by atoms with E-state index in [1.54, 1.807) is 29.2 Å². The number of fused-ring (bicyclic) bond motifs is 1. The number of aryl methyl sites for hydroxylation is 1. The summed E-state index contributed by atoms with van der Waals surface area (Å²) in [6.07, 6.45) is 7.87. The first-order valence-electron chi connectivity index (χ1n) is 9.11. The highest BCUT2D eigenvalue weighted by Crippen LogP contribution is 2.42. The van der Waals surface area contributed by atoms with Crippen molar-refractivity contribution in [2.45, 2.75) is 18.8 Å². The van der Waals surface area contributed by atoms with Gasteiger partial charge in [-0.2, -0.15) is 5.10 Å². The Hall–Kier alpha value is -3.12. The molecule has 6 nitrogen and oxygen atoms in total. The van der Waals surface area contributed by atoms with Crippen molar-refractivity contribution >= 4 is 34.1 Å². The smallest absolute Gasteiger partial charge is 0.227 e. The lowest BCUT2D eigenvalue weighted by Gasteiger charge is -2.10. The van der Waals surface area contributed by atoms with Gasteiger partial charge in [-0.1, -0.05) is 11.6 Å². The summed E-state index contributed by atoms with van der Waals surface area (Å²) in [5.74, 6) is 1.20. The zero-order valence-electron chi connectivity index (χ0n) is 15.2. The third kappa shape index (κ3) is 3.27. The average Bonchev–Trinajstić information content (AvgIpc) is 3.42. The van der Waals surface area contributed by atoms with Crippen LogP contribution in [0.4, 0.5) is 11.6 Å². The third-order valence-electron chi connectivity index (χ3n) is 4.92. The molecule has 28 heavy (non-hydrogen) atoms. The highest BCUT2D eigenvalue weighted by Gasteiger charge is 2.24. The van der Waals surface area contributed by atoms with Crippen LogP contribution in [0.1, 0.15) is 24.3 Å². The Morgan fingerprint density at radius 2 is 1.96 bits per heavy atom. The van der Waals surface area contributed by atoms with Gasteiger partial charge in [-0.15, -0.1) is 0 Å². The van der Waals surface area contributed by atoms with Crippen LogP contribution in [0.3, 0.4) is 0 Å². The van der Waals surface area contributed by atoms with Crippen molar-refractivity contribution in [1.82, 2.24) is 19.7 Å². The number of phenols is 1. The highest BCUT2D eigenvalue weighted by molar-refractivity contribution is 6.35. The van der Waals surface area contributed by atoms with Crippen LogP contribution in [0.5, 0.6) is 5.75 Å². The molecule has 2 aromatic heterocycles. The molecule has 2 aromatic carbocycles. The van der Waals surface area contributed by atoms with E-state index in [4.69, 9.17) is 11.6 Å². The maximum atomic E-state index is 10.1. The molecule has 0 amide bonds. The molecule has 140 valence electrons. The standard InChI is InChI=1S/C21H18ClN5O/c1-27-11-16(10-24-27)14-5-17(8-18(28)6-14)25-21-23-9-15-4-13(12-2-3-12)7-19(22)20(15)26-21/h4-12,28H,2-3H2,1H3,(H,23,25,26). The number of nitrogens with zero attached hydrogens (tertiary/aromatic N) is 4. The van der Waals surface area contributed by atoms with Crippen LogP contribution in [-0.2, 0) is 7.05 Å².